The number of benzene rings is 2. The van der Waals surface area contributed by atoms with Crippen molar-refractivity contribution in [3.63, 3.8) is 0 Å². The largest absolute Gasteiger partial charge is 0.478 e. The predicted octanol–water partition coefficient (Wildman–Crippen LogP) is 2.87. The van der Waals surface area contributed by atoms with Crippen LogP contribution in [0.15, 0.2) is 71.5 Å². The maximum atomic E-state index is 11.6. The third kappa shape index (κ3) is 3.97. The van der Waals surface area contributed by atoms with Gasteiger partial charge in [0.1, 0.15) is 0 Å². The minimum atomic E-state index is -0.879. The van der Waals surface area contributed by atoms with Crippen molar-refractivity contribution in [1.82, 2.24) is 9.36 Å². The lowest BCUT2D eigenvalue weighted by atomic mass is 10.2. The molecule has 5 nitrogen and oxygen atoms in total. The van der Waals surface area contributed by atoms with E-state index in [1.807, 2.05) is 49.0 Å². The molecule has 0 saturated carbocycles. The molecule has 118 valence electrons. The smallest absolute Gasteiger partial charge is 0.335 e. The highest BCUT2D eigenvalue weighted by atomic mass is 16.4. The lowest BCUT2D eigenvalue weighted by Gasteiger charge is -2.07. The highest BCUT2D eigenvalue weighted by molar-refractivity contribution is 5.87. The fourth-order valence-corrected chi connectivity index (χ4v) is 2.09. The summed E-state index contributed by atoms with van der Waals surface area (Å²) in [5.41, 5.74) is 2.20. The van der Waals surface area contributed by atoms with E-state index in [0.717, 1.165) is 11.4 Å². The van der Waals surface area contributed by atoms with Gasteiger partial charge in [-0.1, -0.05) is 36.4 Å². The molecule has 3 aromatic rings. The first-order chi connectivity index (χ1) is 11.0. The Labute approximate surface area is 134 Å². The van der Waals surface area contributed by atoms with Crippen molar-refractivity contribution in [2.75, 3.05) is 0 Å². The lowest BCUT2D eigenvalue weighted by Crippen LogP contribution is -2.18. The van der Waals surface area contributed by atoms with Crippen LogP contribution in [-0.4, -0.2) is 20.4 Å². The van der Waals surface area contributed by atoms with Crippen LogP contribution in [0.5, 0.6) is 0 Å². The van der Waals surface area contributed by atoms with Gasteiger partial charge in [0.05, 0.1) is 11.3 Å². The van der Waals surface area contributed by atoms with Gasteiger partial charge in [-0.2, -0.15) is 0 Å². The summed E-state index contributed by atoms with van der Waals surface area (Å²) in [6, 6.07) is 19.5. The number of aromatic carboxylic acids is 1. The molecule has 0 aliphatic rings. The molecule has 0 atom stereocenters. The zero-order valence-electron chi connectivity index (χ0n) is 13.0. The maximum absolute atomic E-state index is 11.6. The van der Waals surface area contributed by atoms with Gasteiger partial charge in [-0.15, -0.1) is 0 Å². The Morgan fingerprint density at radius 1 is 0.957 bits per heavy atom. The van der Waals surface area contributed by atoms with Gasteiger partial charge in [-0.25, -0.2) is 9.48 Å². The molecular formula is C18H18N2O3. The Bertz CT molecular complexity index is 834. The van der Waals surface area contributed by atoms with Crippen molar-refractivity contribution in [3.05, 3.63) is 88.3 Å². The van der Waals surface area contributed by atoms with Crippen molar-refractivity contribution in [1.29, 1.82) is 0 Å². The first-order valence-corrected chi connectivity index (χ1v) is 7.10. The summed E-state index contributed by atoms with van der Waals surface area (Å²) in [4.78, 5) is 21.8. The number of carboxylic acid groups (broad SMARTS) is 1. The number of para-hydroxylation sites is 1. The van der Waals surface area contributed by atoms with Crippen LogP contribution in [0.4, 0.5) is 0 Å². The molecule has 0 bridgehead atoms. The van der Waals surface area contributed by atoms with Gasteiger partial charge in [0.15, 0.2) is 0 Å². The average Bonchev–Trinajstić information content (AvgIpc) is 2.82. The van der Waals surface area contributed by atoms with E-state index in [-0.39, 0.29) is 5.56 Å². The number of nitrogens with zero attached hydrogens (tertiary/aromatic N) is 2. The summed E-state index contributed by atoms with van der Waals surface area (Å²) in [5.74, 6) is -0.879. The third-order valence-corrected chi connectivity index (χ3v) is 3.37. The fourth-order valence-electron chi connectivity index (χ4n) is 2.09. The van der Waals surface area contributed by atoms with E-state index >= 15 is 0 Å². The lowest BCUT2D eigenvalue weighted by molar-refractivity contribution is 0.0697. The van der Waals surface area contributed by atoms with Crippen LogP contribution in [0.1, 0.15) is 16.1 Å². The molecule has 5 heteroatoms. The fraction of sp³-hybridized carbons (Fsp3) is 0.111. The van der Waals surface area contributed by atoms with E-state index in [1.54, 1.807) is 41.1 Å². The van der Waals surface area contributed by atoms with E-state index < -0.39 is 5.97 Å². The molecule has 1 aromatic heterocycles. The van der Waals surface area contributed by atoms with E-state index in [2.05, 4.69) is 0 Å². The Morgan fingerprint density at radius 3 is 1.87 bits per heavy atom. The highest BCUT2D eigenvalue weighted by Crippen LogP contribution is 2.05. The molecule has 0 fully saturated rings. The molecule has 1 heterocycles. The van der Waals surface area contributed by atoms with Crippen LogP contribution < -0.4 is 5.56 Å². The normalized spacial score (nSPS) is 9.83. The molecule has 0 amide bonds. The molecule has 0 saturated heterocycles. The van der Waals surface area contributed by atoms with Crippen molar-refractivity contribution in [3.8, 4) is 5.69 Å². The zero-order valence-corrected chi connectivity index (χ0v) is 13.0. The number of rotatable bonds is 2. The van der Waals surface area contributed by atoms with Crippen molar-refractivity contribution < 1.29 is 9.90 Å². The highest BCUT2D eigenvalue weighted by Gasteiger charge is 2.05. The number of carbonyl (C=O) groups is 1. The molecular weight excluding hydrogens is 292 g/mol. The second-order valence-corrected chi connectivity index (χ2v) is 4.97. The Hall–Kier alpha value is -3.08. The van der Waals surface area contributed by atoms with Crippen LogP contribution in [0.3, 0.4) is 0 Å². The van der Waals surface area contributed by atoms with E-state index in [4.69, 9.17) is 5.11 Å². The number of carboxylic acids is 1. The Morgan fingerprint density at radius 2 is 1.48 bits per heavy atom. The maximum Gasteiger partial charge on any atom is 0.335 e. The molecule has 0 unspecified atom stereocenters. The van der Waals surface area contributed by atoms with Crippen molar-refractivity contribution in [2.24, 2.45) is 7.05 Å². The predicted molar refractivity (Wildman–Crippen MR) is 89.1 cm³/mol. The number of aryl methyl sites for hydroxylation is 1. The quantitative estimate of drug-likeness (QED) is 0.791. The minimum absolute atomic E-state index is 0.0104. The summed E-state index contributed by atoms with van der Waals surface area (Å²) < 4.78 is 3.49. The number of hydrogen-bond donors (Lipinski definition) is 1. The van der Waals surface area contributed by atoms with Crippen molar-refractivity contribution >= 4 is 5.97 Å². The molecule has 0 aliphatic heterocycles. The molecule has 0 spiro atoms. The molecule has 1 N–H and O–H groups in total. The van der Waals surface area contributed by atoms with Gasteiger partial charge in [-0.05, 0) is 31.2 Å². The summed E-state index contributed by atoms with van der Waals surface area (Å²) in [5, 5.41) is 8.38. The summed E-state index contributed by atoms with van der Waals surface area (Å²) >= 11 is 0. The number of aromatic nitrogens is 2. The third-order valence-electron chi connectivity index (χ3n) is 3.37. The topological polar surface area (TPSA) is 64.2 Å². The molecule has 0 radical (unpaired) electrons. The van der Waals surface area contributed by atoms with Gasteiger partial charge < -0.3 is 5.11 Å². The van der Waals surface area contributed by atoms with Crippen LogP contribution in [0.25, 0.3) is 5.69 Å². The minimum Gasteiger partial charge on any atom is -0.478 e. The van der Waals surface area contributed by atoms with Gasteiger partial charge in [-0.3, -0.25) is 9.48 Å². The van der Waals surface area contributed by atoms with Crippen molar-refractivity contribution in [2.45, 2.75) is 6.92 Å². The monoisotopic (exact) mass is 310 g/mol. The van der Waals surface area contributed by atoms with Crippen LogP contribution in [0.2, 0.25) is 0 Å². The Kier molecular flexibility index (Phi) is 5.15. The molecule has 0 aliphatic carbocycles. The van der Waals surface area contributed by atoms with E-state index in [9.17, 15) is 9.59 Å². The van der Waals surface area contributed by atoms with E-state index in [1.165, 1.54) is 0 Å². The second kappa shape index (κ2) is 7.26. The SMILES string of the molecule is Cc1cc(=O)n(-c2ccccc2)n1C.O=C(O)c1ccccc1. The first-order valence-electron chi connectivity index (χ1n) is 7.10. The van der Waals surface area contributed by atoms with Crippen LogP contribution >= 0.6 is 0 Å². The summed E-state index contributed by atoms with van der Waals surface area (Å²) in [7, 11) is 1.88. The van der Waals surface area contributed by atoms with Gasteiger partial charge in [0.25, 0.3) is 5.56 Å². The Balaban J connectivity index is 0.000000185. The standard InChI is InChI=1S/C11H12N2O.C7H6O2/c1-9-8-11(14)13(12(9)2)10-6-4-3-5-7-10;8-7(9)6-4-2-1-3-5-6/h3-8H,1-2H3;1-5H,(H,8,9). The molecule has 3 rings (SSSR count). The van der Waals surface area contributed by atoms with Crippen LogP contribution in [-0.2, 0) is 7.05 Å². The molecule has 23 heavy (non-hydrogen) atoms. The average molecular weight is 310 g/mol. The summed E-state index contributed by atoms with van der Waals surface area (Å²) in [6.07, 6.45) is 0. The second-order valence-electron chi connectivity index (χ2n) is 4.97. The van der Waals surface area contributed by atoms with E-state index in [0.29, 0.717) is 5.56 Å². The van der Waals surface area contributed by atoms with Gasteiger partial charge >= 0.3 is 5.97 Å². The first kappa shape index (κ1) is 16.3. The zero-order chi connectivity index (χ0) is 16.8. The van der Waals surface area contributed by atoms with Crippen LogP contribution in [0, 0.1) is 6.92 Å². The number of hydrogen-bond acceptors (Lipinski definition) is 2. The van der Waals surface area contributed by atoms with Gasteiger partial charge in [0, 0.05) is 18.8 Å². The van der Waals surface area contributed by atoms with Gasteiger partial charge in [0.2, 0.25) is 0 Å². The molecule has 2 aromatic carbocycles. The summed E-state index contributed by atoms with van der Waals surface area (Å²) in [6.45, 7) is 1.92.